The third-order valence-corrected chi connectivity index (χ3v) is 4.60. The van der Waals surface area contributed by atoms with Crippen molar-refractivity contribution in [2.75, 3.05) is 14.2 Å². The molecule has 1 heterocycles. The molecule has 0 amide bonds. The van der Waals surface area contributed by atoms with Gasteiger partial charge in [0.05, 0.1) is 26.2 Å². The van der Waals surface area contributed by atoms with Gasteiger partial charge < -0.3 is 9.47 Å². The van der Waals surface area contributed by atoms with E-state index in [1.54, 1.807) is 42.0 Å². The molecule has 0 radical (unpaired) electrons. The number of carbonyl (C=O) groups excluding carboxylic acids is 2. The van der Waals surface area contributed by atoms with Crippen LogP contribution in [0.2, 0.25) is 5.02 Å². The van der Waals surface area contributed by atoms with Crippen LogP contribution in [-0.2, 0) is 16.0 Å². The second kappa shape index (κ2) is 7.22. The summed E-state index contributed by atoms with van der Waals surface area (Å²) in [4.78, 5) is 25.0. The lowest BCUT2D eigenvalue weighted by Gasteiger charge is -2.08. The number of hydrogen-bond acceptors (Lipinski definition) is 4. The molecule has 26 heavy (non-hydrogen) atoms. The highest BCUT2D eigenvalue weighted by Crippen LogP contribution is 2.31. The van der Waals surface area contributed by atoms with Crippen LogP contribution in [0.4, 0.5) is 0 Å². The highest BCUT2D eigenvalue weighted by Gasteiger charge is 2.22. The molecule has 0 bridgehead atoms. The van der Waals surface area contributed by atoms with Gasteiger partial charge in [-0.05, 0) is 48.9 Å². The van der Waals surface area contributed by atoms with Gasteiger partial charge in [0.1, 0.15) is 5.75 Å². The first-order valence-corrected chi connectivity index (χ1v) is 8.39. The summed E-state index contributed by atoms with van der Waals surface area (Å²) in [5.41, 5.74) is 2.59. The van der Waals surface area contributed by atoms with E-state index in [9.17, 15) is 9.59 Å². The van der Waals surface area contributed by atoms with E-state index in [0.717, 1.165) is 10.9 Å². The van der Waals surface area contributed by atoms with Gasteiger partial charge in [0.25, 0.3) is 5.91 Å². The van der Waals surface area contributed by atoms with Crippen LogP contribution in [0.3, 0.4) is 0 Å². The second-order valence-corrected chi connectivity index (χ2v) is 6.29. The Balaban J connectivity index is 2.23. The van der Waals surface area contributed by atoms with Gasteiger partial charge in [0, 0.05) is 21.7 Å². The molecule has 0 unspecified atom stereocenters. The van der Waals surface area contributed by atoms with E-state index >= 15 is 0 Å². The smallest absolute Gasteiger partial charge is 0.310 e. The Hall–Kier alpha value is -2.79. The van der Waals surface area contributed by atoms with E-state index in [-0.39, 0.29) is 18.3 Å². The van der Waals surface area contributed by atoms with Crippen molar-refractivity contribution in [1.29, 1.82) is 0 Å². The van der Waals surface area contributed by atoms with Crippen molar-refractivity contribution in [1.82, 2.24) is 4.57 Å². The molecule has 5 nitrogen and oxygen atoms in total. The number of halogens is 1. The van der Waals surface area contributed by atoms with Crippen LogP contribution >= 0.6 is 11.6 Å². The molecule has 3 rings (SSSR count). The minimum atomic E-state index is -0.370. The molecule has 0 spiro atoms. The van der Waals surface area contributed by atoms with Crippen LogP contribution in [0.5, 0.6) is 5.75 Å². The molecule has 1 aromatic heterocycles. The zero-order chi connectivity index (χ0) is 18.8. The predicted molar refractivity (Wildman–Crippen MR) is 100 cm³/mol. The predicted octanol–water partition coefficient (Wildman–Crippen LogP) is 4.02. The van der Waals surface area contributed by atoms with Crippen molar-refractivity contribution in [2.24, 2.45) is 0 Å². The highest BCUT2D eigenvalue weighted by atomic mass is 35.5. The minimum Gasteiger partial charge on any atom is -0.497 e. The van der Waals surface area contributed by atoms with Crippen LogP contribution < -0.4 is 4.74 Å². The topological polar surface area (TPSA) is 57.5 Å². The number of aromatic nitrogens is 1. The van der Waals surface area contributed by atoms with Crippen molar-refractivity contribution in [3.05, 3.63) is 64.3 Å². The molecule has 6 heteroatoms. The van der Waals surface area contributed by atoms with Gasteiger partial charge in [-0.3, -0.25) is 14.2 Å². The quantitative estimate of drug-likeness (QED) is 0.650. The maximum absolute atomic E-state index is 13.1. The molecule has 0 N–H and O–H groups in total. The Morgan fingerprint density at radius 3 is 2.54 bits per heavy atom. The standard InChI is InChI=1S/C20H18ClNO4/c1-12-16(11-19(23)26-3)17-10-15(25-2)7-8-18(17)22(12)20(24)13-5-4-6-14(21)9-13/h4-10H,11H2,1-3H3. The Morgan fingerprint density at radius 2 is 1.88 bits per heavy atom. The number of rotatable bonds is 4. The lowest BCUT2D eigenvalue weighted by Crippen LogP contribution is -2.14. The largest absolute Gasteiger partial charge is 0.497 e. The van der Waals surface area contributed by atoms with Crippen LogP contribution in [-0.4, -0.2) is 30.7 Å². The zero-order valence-corrected chi connectivity index (χ0v) is 15.5. The number of methoxy groups -OCH3 is 2. The molecule has 0 saturated heterocycles. The van der Waals surface area contributed by atoms with Crippen molar-refractivity contribution in [2.45, 2.75) is 13.3 Å². The number of fused-ring (bicyclic) bond motifs is 1. The van der Waals surface area contributed by atoms with Gasteiger partial charge in [0.2, 0.25) is 0 Å². The molecule has 134 valence electrons. The number of nitrogens with zero attached hydrogens (tertiary/aromatic N) is 1. The van der Waals surface area contributed by atoms with Gasteiger partial charge in [-0.1, -0.05) is 17.7 Å². The van der Waals surface area contributed by atoms with E-state index in [0.29, 0.717) is 27.5 Å². The summed E-state index contributed by atoms with van der Waals surface area (Å²) in [5, 5.41) is 1.27. The van der Waals surface area contributed by atoms with Crippen molar-refractivity contribution >= 4 is 34.4 Å². The fourth-order valence-corrected chi connectivity index (χ4v) is 3.23. The third kappa shape index (κ3) is 3.18. The summed E-state index contributed by atoms with van der Waals surface area (Å²) in [7, 11) is 2.91. The molecule has 0 atom stereocenters. The second-order valence-electron chi connectivity index (χ2n) is 5.85. The fourth-order valence-electron chi connectivity index (χ4n) is 3.04. The molecule has 2 aromatic carbocycles. The van der Waals surface area contributed by atoms with Crippen molar-refractivity contribution < 1.29 is 19.1 Å². The Bertz CT molecular complexity index is 1010. The molecule has 0 aliphatic carbocycles. The number of benzene rings is 2. The van der Waals surface area contributed by atoms with Gasteiger partial charge >= 0.3 is 5.97 Å². The summed E-state index contributed by atoms with van der Waals surface area (Å²) < 4.78 is 11.7. The molecule has 0 aliphatic rings. The molecule has 0 aliphatic heterocycles. The summed E-state index contributed by atoms with van der Waals surface area (Å²) >= 11 is 6.03. The summed E-state index contributed by atoms with van der Waals surface area (Å²) in [6.45, 7) is 1.81. The Morgan fingerprint density at radius 1 is 1.12 bits per heavy atom. The van der Waals surface area contributed by atoms with E-state index in [1.807, 2.05) is 19.1 Å². The van der Waals surface area contributed by atoms with Gasteiger partial charge in [-0.25, -0.2) is 0 Å². The Labute approximate surface area is 156 Å². The van der Waals surface area contributed by atoms with Crippen LogP contribution in [0.1, 0.15) is 21.6 Å². The minimum absolute atomic E-state index is 0.0713. The van der Waals surface area contributed by atoms with Crippen LogP contribution in [0, 0.1) is 6.92 Å². The summed E-state index contributed by atoms with van der Waals surface area (Å²) in [5.74, 6) is 0.0671. The molecule has 0 saturated carbocycles. The van der Waals surface area contributed by atoms with Gasteiger partial charge in [0.15, 0.2) is 0 Å². The molecule has 0 fully saturated rings. The van der Waals surface area contributed by atoms with Crippen LogP contribution in [0.15, 0.2) is 42.5 Å². The first-order valence-electron chi connectivity index (χ1n) is 8.01. The van der Waals surface area contributed by atoms with E-state index < -0.39 is 0 Å². The van der Waals surface area contributed by atoms with Gasteiger partial charge in [-0.15, -0.1) is 0 Å². The number of ether oxygens (including phenoxy) is 2. The molecular weight excluding hydrogens is 354 g/mol. The lowest BCUT2D eigenvalue weighted by atomic mass is 10.1. The lowest BCUT2D eigenvalue weighted by molar-refractivity contribution is -0.139. The summed E-state index contributed by atoms with van der Waals surface area (Å²) in [6.07, 6.45) is 0.0713. The first kappa shape index (κ1) is 18.0. The number of esters is 1. The highest BCUT2D eigenvalue weighted by molar-refractivity contribution is 6.31. The van der Waals surface area contributed by atoms with E-state index in [2.05, 4.69) is 0 Å². The normalized spacial score (nSPS) is 10.8. The molecule has 3 aromatic rings. The third-order valence-electron chi connectivity index (χ3n) is 4.37. The van der Waals surface area contributed by atoms with Crippen molar-refractivity contribution in [3.8, 4) is 5.75 Å². The summed E-state index contributed by atoms with van der Waals surface area (Å²) in [6, 6.07) is 12.2. The zero-order valence-electron chi connectivity index (χ0n) is 14.7. The van der Waals surface area contributed by atoms with E-state index in [1.165, 1.54) is 7.11 Å². The maximum atomic E-state index is 13.1. The number of carbonyl (C=O) groups is 2. The van der Waals surface area contributed by atoms with Crippen molar-refractivity contribution in [3.63, 3.8) is 0 Å². The van der Waals surface area contributed by atoms with Gasteiger partial charge in [-0.2, -0.15) is 0 Å². The van der Waals surface area contributed by atoms with E-state index in [4.69, 9.17) is 21.1 Å². The fraction of sp³-hybridized carbons (Fsp3) is 0.200. The first-order chi connectivity index (χ1) is 12.5. The Kier molecular flexibility index (Phi) is 5.00. The van der Waals surface area contributed by atoms with Crippen LogP contribution in [0.25, 0.3) is 10.9 Å². The monoisotopic (exact) mass is 371 g/mol. The SMILES string of the molecule is COC(=O)Cc1c(C)n(C(=O)c2cccc(Cl)c2)c2ccc(OC)cc12. The number of hydrogen-bond donors (Lipinski definition) is 0. The average Bonchev–Trinajstić information content (AvgIpc) is 2.92. The average molecular weight is 372 g/mol. The molecular formula is C20H18ClNO4. The maximum Gasteiger partial charge on any atom is 0.310 e.